The molecule has 22 heavy (non-hydrogen) atoms. The summed E-state index contributed by atoms with van der Waals surface area (Å²) in [7, 11) is 0. The smallest absolute Gasteiger partial charge is 0.128 e. The number of hydrogen-bond donors (Lipinski definition) is 1. The third-order valence-corrected chi connectivity index (χ3v) is 4.55. The molecule has 0 unspecified atom stereocenters. The second-order valence-corrected chi connectivity index (χ2v) is 6.48. The zero-order chi connectivity index (χ0) is 15.4. The molecule has 3 rings (SSSR count). The third-order valence-electron chi connectivity index (χ3n) is 4.06. The van der Waals surface area contributed by atoms with Gasteiger partial charge in [0, 0.05) is 41.9 Å². The van der Waals surface area contributed by atoms with Gasteiger partial charge in [-0.05, 0) is 43.2 Å². The number of nitrogens with zero attached hydrogens (tertiary/aromatic N) is 2. The molecule has 1 saturated heterocycles. The third kappa shape index (κ3) is 3.84. The SMILES string of the molecule is Fc1ccc(Br)cc1CNC1CCN(c2ccccn2)CC1. The van der Waals surface area contributed by atoms with Crippen molar-refractivity contribution in [2.24, 2.45) is 0 Å². The summed E-state index contributed by atoms with van der Waals surface area (Å²) in [5.74, 6) is 0.889. The number of rotatable bonds is 4. The van der Waals surface area contributed by atoms with Crippen molar-refractivity contribution in [1.82, 2.24) is 10.3 Å². The lowest BCUT2D eigenvalue weighted by Gasteiger charge is -2.33. The van der Waals surface area contributed by atoms with Crippen LogP contribution in [0.5, 0.6) is 0 Å². The van der Waals surface area contributed by atoms with Gasteiger partial charge in [0.2, 0.25) is 0 Å². The van der Waals surface area contributed by atoms with E-state index in [1.54, 1.807) is 6.07 Å². The van der Waals surface area contributed by atoms with Gasteiger partial charge in [-0.1, -0.05) is 22.0 Å². The standard InChI is InChI=1S/C17H19BrFN3/c18-14-4-5-16(19)13(11-14)12-21-15-6-9-22(10-7-15)17-3-1-2-8-20-17/h1-5,8,11,15,21H,6-7,9-10,12H2. The van der Waals surface area contributed by atoms with Gasteiger partial charge in [0.1, 0.15) is 11.6 Å². The highest BCUT2D eigenvalue weighted by atomic mass is 79.9. The molecule has 1 aliphatic heterocycles. The molecule has 1 N–H and O–H groups in total. The van der Waals surface area contributed by atoms with Gasteiger partial charge in [0.15, 0.2) is 0 Å². The second kappa shape index (κ2) is 7.20. The van der Waals surface area contributed by atoms with Gasteiger partial charge in [-0.2, -0.15) is 0 Å². The van der Waals surface area contributed by atoms with Gasteiger partial charge in [-0.15, -0.1) is 0 Å². The summed E-state index contributed by atoms with van der Waals surface area (Å²) < 4.78 is 14.6. The molecule has 116 valence electrons. The normalized spacial score (nSPS) is 16.0. The predicted molar refractivity (Wildman–Crippen MR) is 90.4 cm³/mol. The maximum absolute atomic E-state index is 13.7. The molecule has 0 saturated carbocycles. The monoisotopic (exact) mass is 363 g/mol. The van der Waals surface area contributed by atoms with Crippen LogP contribution in [-0.4, -0.2) is 24.1 Å². The van der Waals surface area contributed by atoms with Crippen molar-refractivity contribution >= 4 is 21.7 Å². The van der Waals surface area contributed by atoms with Gasteiger partial charge in [-0.25, -0.2) is 9.37 Å². The topological polar surface area (TPSA) is 28.2 Å². The summed E-state index contributed by atoms with van der Waals surface area (Å²) in [5.41, 5.74) is 0.710. The van der Waals surface area contributed by atoms with E-state index in [0.29, 0.717) is 18.2 Å². The van der Waals surface area contributed by atoms with Crippen molar-refractivity contribution in [1.29, 1.82) is 0 Å². The Hall–Kier alpha value is -1.46. The lowest BCUT2D eigenvalue weighted by Crippen LogP contribution is -2.42. The maximum atomic E-state index is 13.7. The van der Waals surface area contributed by atoms with Crippen LogP contribution in [0.4, 0.5) is 10.2 Å². The fourth-order valence-electron chi connectivity index (χ4n) is 2.79. The fraction of sp³-hybridized carbons (Fsp3) is 0.353. The summed E-state index contributed by atoms with van der Waals surface area (Å²) >= 11 is 3.39. The van der Waals surface area contributed by atoms with Crippen molar-refractivity contribution in [3.8, 4) is 0 Å². The average Bonchev–Trinajstić information content (AvgIpc) is 2.57. The van der Waals surface area contributed by atoms with E-state index in [1.807, 2.05) is 30.5 Å². The highest BCUT2D eigenvalue weighted by Gasteiger charge is 2.19. The number of halogens is 2. The van der Waals surface area contributed by atoms with Crippen molar-refractivity contribution < 1.29 is 4.39 Å². The molecule has 2 heterocycles. The largest absolute Gasteiger partial charge is 0.357 e. The molecule has 0 amide bonds. The van der Waals surface area contributed by atoms with E-state index in [4.69, 9.17) is 0 Å². The van der Waals surface area contributed by atoms with E-state index in [-0.39, 0.29) is 5.82 Å². The molecule has 3 nitrogen and oxygen atoms in total. The molecule has 2 aromatic rings. The van der Waals surface area contributed by atoms with Crippen LogP contribution in [-0.2, 0) is 6.54 Å². The first-order chi connectivity index (χ1) is 10.7. The van der Waals surface area contributed by atoms with E-state index in [0.717, 1.165) is 36.2 Å². The van der Waals surface area contributed by atoms with Crippen molar-refractivity contribution in [3.63, 3.8) is 0 Å². The van der Waals surface area contributed by atoms with Crippen LogP contribution in [0.3, 0.4) is 0 Å². The van der Waals surface area contributed by atoms with Crippen LogP contribution in [0, 0.1) is 5.82 Å². The summed E-state index contributed by atoms with van der Waals surface area (Å²) in [6, 6.07) is 11.5. The second-order valence-electron chi connectivity index (χ2n) is 5.57. The van der Waals surface area contributed by atoms with Crippen LogP contribution in [0.15, 0.2) is 47.1 Å². The van der Waals surface area contributed by atoms with Gasteiger partial charge in [-0.3, -0.25) is 0 Å². The van der Waals surface area contributed by atoms with Gasteiger partial charge < -0.3 is 10.2 Å². The quantitative estimate of drug-likeness (QED) is 0.896. The average molecular weight is 364 g/mol. The minimum atomic E-state index is -0.151. The lowest BCUT2D eigenvalue weighted by atomic mass is 10.0. The van der Waals surface area contributed by atoms with E-state index >= 15 is 0 Å². The first kappa shape index (κ1) is 15.4. The summed E-state index contributed by atoms with van der Waals surface area (Å²) in [6.07, 6.45) is 3.92. The highest BCUT2D eigenvalue weighted by molar-refractivity contribution is 9.10. The Morgan fingerprint density at radius 1 is 1.23 bits per heavy atom. The van der Waals surface area contributed by atoms with Crippen LogP contribution in [0.25, 0.3) is 0 Å². The number of nitrogens with one attached hydrogen (secondary N) is 1. The van der Waals surface area contributed by atoms with Crippen molar-refractivity contribution in [3.05, 3.63) is 58.4 Å². The van der Waals surface area contributed by atoms with Gasteiger partial charge in [0.25, 0.3) is 0 Å². The molecular formula is C17H19BrFN3. The molecule has 1 aromatic heterocycles. The minimum Gasteiger partial charge on any atom is -0.357 e. The van der Waals surface area contributed by atoms with Crippen LogP contribution < -0.4 is 10.2 Å². The molecular weight excluding hydrogens is 345 g/mol. The van der Waals surface area contributed by atoms with Gasteiger partial charge >= 0.3 is 0 Å². The first-order valence-corrected chi connectivity index (χ1v) is 8.35. The molecule has 0 atom stereocenters. The van der Waals surface area contributed by atoms with Crippen LogP contribution in [0.2, 0.25) is 0 Å². The number of pyridine rings is 1. The Morgan fingerprint density at radius 2 is 2.05 bits per heavy atom. The zero-order valence-electron chi connectivity index (χ0n) is 12.3. The summed E-state index contributed by atoms with van der Waals surface area (Å²) in [4.78, 5) is 6.70. The Kier molecular flexibility index (Phi) is 5.05. The van der Waals surface area contributed by atoms with Crippen molar-refractivity contribution in [2.75, 3.05) is 18.0 Å². The van der Waals surface area contributed by atoms with E-state index < -0.39 is 0 Å². The molecule has 0 radical (unpaired) electrons. The number of piperidine rings is 1. The number of benzene rings is 1. The Morgan fingerprint density at radius 3 is 2.77 bits per heavy atom. The van der Waals surface area contributed by atoms with Crippen LogP contribution >= 0.6 is 15.9 Å². The molecule has 1 fully saturated rings. The zero-order valence-corrected chi connectivity index (χ0v) is 13.9. The Bertz CT molecular complexity index is 613. The van der Waals surface area contributed by atoms with E-state index in [1.165, 1.54) is 6.07 Å². The lowest BCUT2D eigenvalue weighted by molar-refractivity contribution is 0.409. The molecule has 0 bridgehead atoms. The first-order valence-electron chi connectivity index (χ1n) is 7.55. The Labute approximate surface area is 138 Å². The number of aromatic nitrogens is 1. The highest BCUT2D eigenvalue weighted by Crippen LogP contribution is 2.19. The summed E-state index contributed by atoms with van der Waals surface area (Å²) in [6.45, 7) is 2.53. The van der Waals surface area contributed by atoms with Crippen molar-refractivity contribution in [2.45, 2.75) is 25.4 Å². The summed E-state index contributed by atoms with van der Waals surface area (Å²) in [5, 5.41) is 3.47. The van der Waals surface area contributed by atoms with Gasteiger partial charge in [0.05, 0.1) is 0 Å². The molecule has 0 aliphatic carbocycles. The molecule has 5 heteroatoms. The fourth-order valence-corrected chi connectivity index (χ4v) is 3.20. The molecule has 1 aliphatic rings. The van der Waals surface area contributed by atoms with Crippen LogP contribution in [0.1, 0.15) is 18.4 Å². The maximum Gasteiger partial charge on any atom is 0.128 e. The number of hydrogen-bond acceptors (Lipinski definition) is 3. The minimum absolute atomic E-state index is 0.151. The predicted octanol–water partition coefficient (Wildman–Crippen LogP) is 3.74. The molecule has 0 spiro atoms. The van der Waals surface area contributed by atoms with E-state index in [9.17, 15) is 4.39 Å². The molecule has 1 aromatic carbocycles. The van der Waals surface area contributed by atoms with E-state index in [2.05, 4.69) is 31.1 Å². The number of anilines is 1. The Balaban J connectivity index is 1.51.